The first-order valence-corrected chi connectivity index (χ1v) is 9.54. The Kier molecular flexibility index (Phi) is 6.21. The molecule has 0 saturated carbocycles. The van der Waals surface area contributed by atoms with Gasteiger partial charge in [0, 0.05) is 48.0 Å². The molecule has 1 amide bonds. The molecule has 0 radical (unpaired) electrons. The highest BCUT2D eigenvalue weighted by atomic mass is 35.5. The largest absolute Gasteiger partial charge is 0.481 e. The van der Waals surface area contributed by atoms with E-state index in [1.54, 1.807) is 6.07 Å². The predicted octanol–water partition coefficient (Wildman–Crippen LogP) is 5.16. The van der Waals surface area contributed by atoms with Gasteiger partial charge in [-0.05, 0) is 37.5 Å². The van der Waals surface area contributed by atoms with Gasteiger partial charge < -0.3 is 15.0 Å². The van der Waals surface area contributed by atoms with Crippen LogP contribution in [0.2, 0.25) is 10.0 Å². The molecule has 0 aliphatic rings. The molecule has 0 unspecified atom stereocenters. The van der Waals surface area contributed by atoms with Gasteiger partial charge in [0.2, 0.25) is 0 Å². The second-order valence-electron chi connectivity index (χ2n) is 6.52. The first-order chi connectivity index (χ1) is 13.4. The van der Waals surface area contributed by atoms with Gasteiger partial charge in [0.05, 0.1) is 15.7 Å². The number of carbonyl (C=O) groups is 2. The Hall–Kier alpha value is -2.57. The predicted molar refractivity (Wildman–Crippen MR) is 110 cm³/mol. The molecule has 0 spiro atoms. The number of nitrogens with zero attached hydrogens (tertiary/aromatic N) is 2. The number of anilines is 1. The van der Waals surface area contributed by atoms with Crippen molar-refractivity contribution in [2.45, 2.75) is 32.7 Å². The van der Waals surface area contributed by atoms with E-state index in [-0.39, 0.29) is 22.4 Å². The summed E-state index contributed by atoms with van der Waals surface area (Å²) in [5, 5.41) is 13.1. The van der Waals surface area contributed by atoms with Crippen molar-refractivity contribution < 1.29 is 14.7 Å². The molecule has 146 valence electrons. The number of benzene rings is 1. The third-order valence-electron chi connectivity index (χ3n) is 4.48. The SMILES string of the molecule is Cc1cn(CCCCC(=O)O)c2cc(C(=O)Nc3c(Cl)cncc3Cl)ccc12. The zero-order chi connectivity index (χ0) is 20.3. The number of halogens is 2. The number of hydrogen-bond acceptors (Lipinski definition) is 3. The molecule has 2 aromatic heterocycles. The quantitative estimate of drug-likeness (QED) is 0.518. The Morgan fingerprint density at radius 2 is 1.89 bits per heavy atom. The van der Waals surface area contributed by atoms with Crippen LogP contribution in [-0.4, -0.2) is 26.5 Å². The van der Waals surface area contributed by atoms with Crippen LogP contribution in [0.25, 0.3) is 10.9 Å². The summed E-state index contributed by atoms with van der Waals surface area (Å²) in [6.07, 6.45) is 6.35. The maximum absolute atomic E-state index is 12.7. The van der Waals surface area contributed by atoms with Gasteiger partial charge in [-0.2, -0.15) is 0 Å². The minimum atomic E-state index is -0.791. The van der Waals surface area contributed by atoms with Crippen LogP contribution in [-0.2, 0) is 11.3 Å². The number of aliphatic carboxylic acids is 1. The van der Waals surface area contributed by atoms with E-state index in [1.165, 1.54) is 12.4 Å². The van der Waals surface area contributed by atoms with Gasteiger partial charge >= 0.3 is 5.97 Å². The average molecular weight is 420 g/mol. The van der Waals surface area contributed by atoms with Crippen molar-refractivity contribution >= 4 is 51.7 Å². The molecule has 0 saturated heterocycles. The number of hydrogen-bond donors (Lipinski definition) is 2. The van der Waals surface area contributed by atoms with Crippen LogP contribution < -0.4 is 5.32 Å². The van der Waals surface area contributed by atoms with Gasteiger partial charge in [0.1, 0.15) is 0 Å². The molecule has 0 atom stereocenters. The highest BCUT2D eigenvalue weighted by molar-refractivity contribution is 6.39. The molecule has 0 aliphatic carbocycles. The first-order valence-electron chi connectivity index (χ1n) is 8.78. The van der Waals surface area contributed by atoms with E-state index in [9.17, 15) is 9.59 Å². The fourth-order valence-electron chi connectivity index (χ4n) is 3.08. The summed E-state index contributed by atoms with van der Waals surface area (Å²) >= 11 is 12.1. The fourth-order valence-corrected chi connectivity index (χ4v) is 3.54. The number of rotatable bonds is 7. The molecule has 2 heterocycles. The Bertz CT molecular complexity index is 1030. The highest BCUT2D eigenvalue weighted by Gasteiger charge is 2.14. The Balaban J connectivity index is 1.83. The molecule has 28 heavy (non-hydrogen) atoms. The van der Waals surface area contributed by atoms with Crippen molar-refractivity contribution in [1.82, 2.24) is 9.55 Å². The molecule has 0 aliphatic heterocycles. The molecule has 0 bridgehead atoms. The smallest absolute Gasteiger partial charge is 0.303 e. The van der Waals surface area contributed by atoms with Crippen LogP contribution in [0.5, 0.6) is 0 Å². The number of carboxylic acids is 1. The van der Waals surface area contributed by atoms with Gasteiger partial charge in [-0.1, -0.05) is 29.3 Å². The second-order valence-corrected chi connectivity index (χ2v) is 7.33. The monoisotopic (exact) mass is 419 g/mol. The number of aryl methyl sites for hydroxylation is 2. The lowest BCUT2D eigenvalue weighted by Crippen LogP contribution is -2.13. The van der Waals surface area contributed by atoms with E-state index < -0.39 is 5.97 Å². The molecule has 8 heteroatoms. The zero-order valence-electron chi connectivity index (χ0n) is 15.2. The number of fused-ring (bicyclic) bond motifs is 1. The van der Waals surface area contributed by atoms with E-state index in [4.69, 9.17) is 28.3 Å². The van der Waals surface area contributed by atoms with Crippen molar-refractivity contribution in [2.75, 3.05) is 5.32 Å². The topological polar surface area (TPSA) is 84.2 Å². The lowest BCUT2D eigenvalue weighted by atomic mass is 10.1. The van der Waals surface area contributed by atoms with Crippen LogP contribution in [0, 0.1) is 6.92 Å². The molecular weight excluding hydrogens is 401 g/mol. The molecular formula is C20H19Cl2N3O3. The summed E-state index contributed by atoms with van der Waals surface area (Å²) < 4.78 is 2.05. The molecule has 6 nitrogen and oxygen atoms in total. The molecule has 3 aromatic rings. The van der Waals surface area contributed by atoms with E-state index in [0.717, 1.165) is 22.9 Å². The maximum atomic E-state index is 12.7. The molecule has 3 rings (SSSR count). The number of nitrogens with one attached hydrogen (secondary N) is 1. The Labute approximate surface area is 172 Å². The third-order valence-corrected chi connectivity index (χ3v) is 5.05. The minimum Gasteiger partial charge on any atom is -0.481 e. The van der Waals surface area contributed by atoms with E-state index in [2.05, 4.69) is 14.9 Å². The summed E-state index contributed by atoms with van der Waals surface area (Å²) in [5.74, 6) is -1.12. The number of carbonyl (C=O) groups excluding carboxylic acids is 1. The summed E-state index contributed by atoms with van der Waals surface area (Å²) in [4.78, 5) is 27.2. The maximum Gasteiger partial charge on any atom is 0.303 e. The highest BCUT2D eigenvalue weighted by Crippen LogP contribution is 2.29. The van der Waals surface area contributed by atoms with Crippen LogP contribution in [0.3, 0.4) is 0 Å². The summed E-state index contributed by atoms with van der Waals surface area (Å²) in [6.45, 7) is 2.69. The van der Waals surface area contributed by atoms with Gasteiger partial charge in [0.15, 0.2) is 0 Å². The minimum absolute atomic E-state index is 0.152. The second kappa shape index (κ2) is 8.63. The first kappa shape index (κ1) is 20.2. The normalized spacial score (nSPS) is 11.0. The number of amides is 1. The number of unbranched alkanes of at least 4 members (excludes halogenated alkanes) is 1. The average Bonchev–Trinajstić information content (AvgIpc) is 2.97. The van der Waals surface area contributed by atoms with Crippen LogP contribution in [0.15, 0.2) is 36.8 Å². The fraction of sp³-hybridized carbons (Fsp3) is 0.250. The van der Waals surface area contributed by atoms with E-state index in [0.29, 0.717) is 24.2 Å². The summed E-state index contributed by atoms with van der Waals surface area (Å²) in [7, 11) is 0. The molecule has 1 aromatic carbocycles. The van der Waals surface area contributed by atoms with Crippen molar-refractivity contribution in [3.8, 4) is 0 Å². The van der Waals surface area contributed by atoms with Crippen molar-refractivity contribution in [2.24, 2.45) is 0 Å². The molecule has 2 N–H and O–H groups in total. The van der Waals surface area contributed by atoms with Gasteiger partial charge in [-0.15, -0.1) is 0 Å². The molecule has 0 fully saturated rings. The van der Waals surface area contributed by atoms with E-state index in [1.807, 2.05) is 25.3 Å². The van der Waals surface area contributed by atoms with Crippen molar-refractivity contribution in [3.63, 3.8) is 0 Å². The van der Waals surface area contributed by atoms with Crippen molar-refractivity contribution in [3.05, 3.63) is 58.0 Å². The lowest BCUT2D eigenvalue weighted by molar-refractivity contribution is -0.137. The van der Waals surface area contributed by atoms with Gasteiger partial charge in [-0.25, -0.2) is 0 Å². The summed E-state index contributed by atoms with van der Waals surface area (Å²) in [5.41, 5.74) is 2.82. The third kappa shape index (κ3) is 4.46. The lowest BCUT2D eigenvalue weighted by Gasteiger charge is -2.10. The van der Waals surface area contributed by atoms with Crippen LogP contribution in [0.4, 0.5) is 5.69 Å². The van der Waals surface area contributed by atoms with Crippen LogP contribution in [0.1, 0.15) is 35.2 Å². The zero-order valence-corrected chi connectivity index (χ0v) is 16.7. The standard InChI is InChI=1S/C20H19Cl2N3O3/c1-12-11-25(7-3-2-4-18(26)27)17-8-13(5-6-14(12)17)20(28)24-19-15(21)9-23-10-16(19)22/h5-6,8-11H,2-4,7H2,1H3,(H,26,27)(H,23,24,28). The van der Waals surface area contributed by atoms with Gasteiger partial charge in [0.25, 0.3) is 5.91 Å². The Morgan fingerprint density at radius 1 is 1.18 bits per heavy atom. The van der Waals surface area contributed by atoms with Crippen LogP contribution >= 0.6 is 23.2 Å². The van der Waals surface area contributed by atoms with Crippen molar-refractivity contribution in [1.29, 1.82) is 0 Å². The number of aromatic nitrogens is 2. The van der Waals surface area contributed by atoms with Gasteiger partial charge in [-0.3, -0.25) is 14.6 Å². The number of carboxylic acid groups (broad SMARTS) is 1. The summed E-state index contributed by atoms with van der Waals surface area (Å²) in [6, 6.07) is 5.48. The Morgan fingerprint density at radius 3 is 2.57 bits per heavy atom. The number of pyridine rings is 1. The van der Waals surface area contributed by atoms with E-state index >= 15 is 0 Å².